The summed E-state index contributed by atoms with van der Waals surface area (Å²) in [5, 5.41) is 20.5. The number of halogens is 1. The van der Waals surface area contributed by atoms with E-state index in [9.17, 15) is 14.9 Å². The van der Waals surface area contributed by atoms with E-state index in [4.69, 9.17) is 21.4 Å². The Hall–Kier alpha value is -2.80. The van der Waals surface area contributed by atoms with E-state index in [2.05, 4.69) is 0 Å². The Labute approximate surface area is 149 Å². The van der Waals surface area contributed by atoms with Gasteiger partial charge in [0.25, 0.3) is 0 Å². The van der Waals surface area contributed by atoms with Crippen LogP contribution < -0.4 is 4.74 Å². The molecular formula is C17H17ClN2O5. The van der Waals surface area contributed by atoms with Gasteiger partial charge in [-0.3, -0.25) is 10.1 Å². The summed E-state index contributed by atoms with van der Waals surface area (Å²) in [5.41, 5.74) is 0.590. The summed E-state index contributed by atoms with van der Waals surface area (Å²) in [4.78, 5) is 22.8. The number of carbonyl (C=O) groups is 1. The first-order valence-corrected chi connectivity index (χ1v) is 7.86. The maximum Gasteiger partial charge on any atom is 0.407 e. The number of nitro benzene ring substituents is 1. The summed E-state index contributed by atoms with van der Waals surface area (Å²) < 4.78 is 5.86. The zero-order valence-corrected chi connectivity index (χ0v) is 14.2. The van der Waals surface area contributed by atoms with Crippen LogP contribution >= 0.6 is 11.6 Å². The van der Waals surface area contributed by atoms with Crippen LogP contribution in [0.4, 0.5) is 10.5 Å². The lowest BCUT2D eigenvalue weighted by Gasteiger charge is -2.22. The normalized spacial score (nSPS) is 11.6. The molecule has 1 amide bonds. The smallest absolute Gasteiger partial charge is 0.407 e. The van der Waals surface area contributed by atoms with E-state index in [0.717, 1.165) is 10.5 Å². The second-order valence-electron chi connectivity index (χ2n) is 5.38. The average Bonchev–Trinajstić information content (AvgIpc) is 2.58. The third-order valence-electron chi connectivity index (χ3n) is 3.61. The molecule has 8 heteroatoms. The van der Waals surface area contributed by atoms with Crippen molar-refractivity contribution in [2.45, 2.75) is 12.5 Å². The second-order valence-corrected chi connectivity index (χ2v) is 5.82. The van der Waals surface area contributed by atoms with Crippen molar-refractivity contribution in [2.75, 3.05) is 13.6 Å². The predicted octanol–water partition coefficient (Wildman–Crippen LogP) is 4.37. The molecular weight excluding hydrogens is 348 g/mol. The highest BCUT2D eigenvalue weighted by molar-refractivity contribution is 6.30. The van der Waals surface area contributed by atoms with E-state index in [1.54, 1.807) is 0 Å². The third-order valence-corrected chi connectivity index (χ3v) is 3.85. The lowest BCUT2D eigenvalue weighted by atomic mass is 10.1. The van der Waals surface area contributed by atoms with Gasteiger partial charge in [0.15, 0.2) is 5.75 Å². The minimum atomic E-state index is -1.06. The average molecular weight is 365 g/mol. The number of nitro groups is 1. The fraction of sp³-hybridized carbons (Fsp3) is 0.235. The second kappa shape index (κ2) is 8.34. The number of hydrogen-bond acceptors (Lipinski definition) is 4. The Morgan fingerprint density at radius 3 is 2.60 bits per heavy atom. The monoisotopic (exact) mass is 364 g/mol. The first-order chi connectivity index (χ1) is 11.9. The molecule has 2 aromatic rings. The van der Waals surface area contributed by atoms with E-state index in [1.165, 1.54) is 25.2 Å². The van der Waals surface area contributed by atoms with Crippen molar-refractivity contribution in [1.29, 1.82) is 0 Å². The molecule has 1 atom stereocenters. The van der Waals surface area contributed by atoms with E-state index >= 15 is 0 Å². The Kier molecular flexibility index (Phi) is 6.19. The molecule has 0 saturated carbocycles. The van der Waals surface area contributed by atoms with Crippen molar-refractivity contribution < 1.29 is 19.6 Å². The largest absolute Gasteiger partial charge is 0.479 e. The Morgan fingerprint density at radius 1 is 1.32 bits per heavy atom. The van der Waals surface area contributed by atoms with Crippen molar-refractivity contribution in [3.8, 4) is 5.75 Å². The topological polar surface area (TPSA) is 92.9 Å². The first kappa shape index (κ1) is 18.5. The summed E-state index contributed by atoms with van der Waals surface area (Å²) in [5.74, 6) is 0.0457. The lowest BCUT2D eigenvalue weighted by Crippen LogP contribution is -2.27. The summed E-state index contributed by atoms with van der Waals surface area (Å²) >= 11 is 5.93. The molecule has 7 nitrogen and oxygen atoms in total. The molecule has 0 aromatic heterocycles. The molecule has 2 rings (SSSR count). The highest BCUT2D eigenvalue weighted by Gasteiger charge is 2.22. The predicted molar refractivity (Wildman–Crippen MR) is 93.2 cm³/mol. The molecule has 132 valence electrons. The van der Waals surface area contributed by atoms with Crippen molar-refractivity contribution in [3.05, 3.63) is 69.2 Å². The number of amides is 1. The van der Waals surface area contributed by atoms with Crippen LogP contribution in [0.1, 0.15) is 18.1 Å². The van der Waals surface area contributed by atoms with Crippen molar-refractivity contribution >= 4 is 23.4 Å². The molecule has 0 saturated heterocycles. The van der Waals surface area contributed by atoms with Crippen LogP contribution in [0.2, 0.25) is 5.02 Å². The zero-order chi connectivity index (χ0) is 18.4. The fourth-order valence-electron chi connectivity index (χ4n) is 2.25. The van der Waals surface area contributed by atoms with Crippen molar-refractivity contribution in [3.63, 3.8) is 0 Å². The Balaban J connectivity index is 2.29. The molecule has 1 N–H and O–H groups in total. The third kappa shape index (κ3) is 5.09. The Bertz CT molecular complexity index is 754. The van der Waals surface area contributed by atoms with Crippen LogP contribution in [0.5, 0.6) is 5.75 Å². The van der Waals surface area contributed by atoms with Crippen molar-refractivity contribution in [2.24, 2.45) is 0 Å². The number of benzene rings is 2. The van der Waals surface area contributed by atoms with Crippen LogP contribution in [-0.4, -0.2) is 34.6 Å². The summed E-state index contributed by atoms with van der Waals surface area (Å²) in [6, 6.07) is 13.2. The van der Waals surface area contributed by atoms with Crippen molar-refractivity contribution in [1.82, 2.24) is 4.90 Å². The number of carboxylic acid groups (broad SMARTS) is 1. The molecule has 0 unspecified atom stereocenters. The molecule has 0 heterocycles. The van der Waals surface area contributed by atoms with Gasteiger partial charge in [0.05, 0.1) is 4.92 Å². The van der Waals surface area contributed by atoms with Crippen LogP contribution in [0.15, 0.2) is 48.5 Å². The van der Waals surface area contributed by atoms with Gasteiger partial charge < -0.3 is 14.7 Å². The fourth-order valence-corrected chi connectivity index (χ4v) is 2.42. The van der Waals surface area contributed by atoms with Gasteiger partial charge in [-0.15, -0.1) is 0 Å². The lowest BCUT2D eigenvalue weighted by molar-refractivity contribution is -0.386. The van der Waals surface area contributed by atoms with Gasteiger partial charge in [0.1, 0.15) is 6.10 Å². The maximum atomic E-state index is 11.2. The van der Waals surface area contributed by atoms with Crippen LogP contribution in [0.3, 0.4) is 0 Å². The van der Waals surface area contributed by atoms with Gasteiger partial charge in [-0.25, -0.2) is 4.79 Å². The molecule has 0 fully saturated rings. The van der Waals surface area contributed by atoms with Crippen LogP contribution in [0.25, 0.3) is 0 Å². The summed E-state index contributed by atoms with van der Waals surface area (Å²) in [6.45, 7) is 0.212. The van der Waals surface area contributed by atoms with E-state index in [-0.39, 0.29) is 18.0 Å². The van der Waals surface area contributed by atoms with E-state index in [0.29, 0.717) is 11.4 Å². The van der Waals surface area contributed by atoms with E-state index < -0.39 is 17.1 Å². The molecule has 25 heavy (non-hydrogen) atoms. The van der Waals surface area contributed by atoms with Gasteiger partial charge in [0, 0.05) is 37.2 Å². The van der Waals surface area contributed by atoms with Gasteiger partial charge in [-0.05, 0) is 11.6 Å². The molecule has 0 aliphatic rings. The molecule has 0 bridgehead atoms. The highest BCUT2D eigenvalue weighted by atomic mass is 35.5. The summed E-state index contributed by atoms with van der Waals surface area (Å²) in [7, 11) is 1.45. The van der Waals surface area contributed by atoms with Gasteiger partial charge in [-0.2, -0.15) is 0 Å². The number of ether oxygens (including phenoxy) is 1. The minimum absolute atomic E-state index is 0.0457. The maximum absolute atomic E-state index is 11.2. The molecule has 2 aromatic carbocycles. The minimum Gasteiger partial charge on any atom is -0.479 e. The molecule has 0 aliphatic carbocycles. The number of nitrogens with zero attached hydrogens (tertiary/aromatic N) is 2. The van der Waals surface area contributed by atoms with Gasteiger partial charge in [0.2, 0.25) is 0 Å². The SMILES string of the molecule is CN(CC[C@@H](Oc1cc(Cl)ccc1[N+](=O)[O-])c1ccccc1)C(=O)O. The summed E-state index contributed by atoms with van der Waals surface area (Å²) in [6.07, 6.45) is -1.28. The first-order valence-electron chi connectivity index (χ1n) is 7.48. The Morgan fingerprint density at radius 2 is 2.00 bits per heavy atom. The standard InChI is InChI=1S/C17H17ClN2O5/c1-19(17(21)22)10-9-15(12-5-3-2-4-6-12)25-16-11-13(18)7-8-14(16)20(23)24/h2-8,11,15H,9-10H2,1H3,(H,21,22)/t15-/m1/s1. The molecule has 0 spiro atoms. The number of rotatable bonds is 7. The molecule has 0 radical (unpaired) electrons. The molecule has 0 aliphatic heterocycles. The van der Waals surface area contributed by atoms with Crippen LogP contribution in [0, 0.1) is 10.1 Å². The quantitative estimate of drug-likeness (QED) is 0.581. The highest BCUT2D eigenvalue weighted by Crippen LogP contribution is 2.34. The number of hydrogen-bond donors (Lipinski definition) is 1. The zero-order valence-electron chi connectivity index (χ0n) is 13.5. The van der Waals surface area contributed by atoms with E-state index in [1.807, 2.05) is 30.3 Å². The van der Waals surface area contributed by atoms with Gasteiger partial charge in [-0.1, -0.05) is 41.9 Å². The van der Waals surface area contributed by atoms with Crippen LogP contribution in [-0.2, 0) is 0 Å². The van der Waals surface area contributed by atoms with Gasteiger partial charge >= 0.3 is 11.8 Å².